The van der Waals surface area contributed by atoms with Crippen LogP contribution in [0.5, 0.6) is 0 Å². The molecule has 1 atom stereocenters. The lowest BCUT2D eigenvalue weighted by Crippen LogP contribution is -2.28. The van der Waals surface area contributed by atoms with Crippen molar-refractivity contribution in [2.24, 2.45) is 0 Å². The molecule has 0 aromatic heterocycles. The normalized spacial score (nSPS) is 12.2. The van der Waals surface area contributed by atoms with Gasteiger partial charge < -0.3 is 15.1 Å². The Balaban J connectivity index is 3.03. The average Bonchev–Trinajstić information content (AvgIpc) is 2.37. The molecule has 0 fully saturated rings. The number of aliphatic hydroxyl groups is 2. The van der Waals surface area contributed by atoms with Crippen molar-refractivity contribution in [3.8, 4) is 0 Å². The summed E-state index contributed by atoms with van der Waals surface area (Å²) >= 11 is 0. The lowest BCUT2D eigenvalue weighted by Gasteiger charge is -2.26. The zero-order chi connectivity index (χ0) is 12.7. The van der Waals surface area contributed by atoms with Crippen molar-refractivity contribution >= 4 is 5.69 Å². The maximum absolute atomic E-state index is 9.98. The predicted molar refractivity (Wildman–Crippen MR) is 71.2 cm³/mol. The molecule has 0 aliphatic carbocycles. The van der Waals surface area contributed by atoms with Crippen molar-refractivity contribution in [2.45, 2.75) is 19.4 Å². The highest BCUT2D eigenvalue weighted by Gasteiger charge is 2.14. The number of nitrogens with zero attached hydrogens (tertiary/aromatic N) is 1. The number of hydrogen-bond acceptors (Lipinski definition) is 3. The second-order valence-electron chi connectivity index (χ2n) is 3.94. The minimum atomic E-state index is -0.461. The number of rotatable bonds is 7. The Bertz CT molecular complexity index is 352. The zero-order valence-corrected chi connectivity index (χ0v) is 10.3. The van der Waals surface area contributed by atoms with Gasteiger partial charge in [-0.05, 0) is 12.5 Å². The molecule has 0 amide bonds. The van der Waals surface area contributed by atoms with E-state index in [1.165, 1.54) is 0 Å². The van der Waals surface area contributed by atoms with E-state index >= 15 is 0 Å². The molecule has 0 saturated carbocycles. The van der Waals surface area contributed by atoms with Gasteiger partial charge >= 0.3 is 0 Å². The van der Waals surface area contributed by atoms with Crippen molar-refractivity contribution in [1.82, 2.24) is 0 Å². The third-order valence-electron chi connectivity index (χ3n) is 2.74. The van der Waals surface area contributed by atoms with Gasteiger partial charge in [0.25, 0.3) is 0 Å². The average molecular weight is 235 g/mol. The smallest absolute Gasteiger partial charge is 0.0807 e. The van der Waals surface area contributed by atoms with Crippen LogP contribution in [0.3, 0.4) is 0 Å². The molecule has 0 saturated heterocycles. The van der Waals surface area contributed by atoms with Crippen molar-refractivity contribution in [2.75, 3.05) is 24.6 Å². The Morgan fingerprint density at radius 1 is 1.41 bits per heavy atom. The van der Waals surface area contributed by atoms with Crippen LogP contribution in [0.1, 0.15) is 25.0 Å². The Morgan fingerprint density at radius 2 is 2.12 bits per heavy atom. The maximum Gasteiger partial charge on any atom is 0.0807 e. The van der Waals surface area contributed by atoms with Gasteiger partial charge in [0.05, 0.1) is 12.7 Å². The van der Waals surface area contributed by atoms with Gasteiger partial charge in [-0.1, -0.05) is 31.2 Å². The number of para-hydroxylation sites is 1. The molecule has 1 aromatic rings. The molecule has 17 heavy (non-hydrogen) atoms. The molecule has 3 nitrogen and oxygen atoms in total. The molecule has 0 heterocycles. The first kappa shape index (κ1) is 13.7. The van der Waals surface area contributed by atoms with Crippen molar-refractivity contribution in [3.05, 3.63) is 42.5 Å². The van der Waals surface area contributed by atoms with Crippen LogP contribution in [0.25, 0.3) is 0 Å². The molecule has 0 bridgehead atoms. The first-order valence-electron chi connectivity index (χ1n) is 5.98. The lowest BCUT2D eigenvalue weighted by molar-refractivity contribution is 0.174. The monoisotopic (exact) mass is 235 g/mol. The molecule has 1 unspecified atom stereocenters. The van der Waals surface area contributed by atoms with Crippen LogP contribution in [0.4, 0.5) is 5.69 Å². The van der Waals surface area contributed by atoms with Crippen molar-refractivity contribution in [3.63, 3.8) is 0 Å². The Kier molecular flexibility index (Phi) is 5.73. The topological polar surface area (TPSA) is 43.7 Å². The third kappa shape index (κ3) is 3.58. The van der Waals surface area contributed by atoms with E-state index in [0.717, 1.165) is 11.3 Å². The molecular weight excluding hydrogens is 214 g/mol. The molecule has 3 heteroatoms. The Morgan fingerprint density at radius 3 is 2.71 bits per heavy atom. The summed E-state index contributed by atoms with van der Waals surface area (Å²) in [6.07, 6.45) is 2.01. The summed E-state index contributed by atoms with van der Waals surface area (Å²) in [4.78, 5) is 2.02. The van der Waals surface area contributed by atoms with E-state index in [0.29, 0.717) is 19.5 Å². The summed E-state index contributed by atoms with van der Waals surface area (Å²) in [5.74, 6) is 0. The molecular formula is C14H21NO2. The highest BCUT2D eigenvalue weighted by molar-refractivity contribution is 5.55. The molecule has 1 rings (SSSR count). The van der Waals surface area contributed by atoms with Crippen LogP contribution in [-0.4, -0.2) is 29.9 Å². The summed E-state index contributed by atoms with van der Waals surface area (Å²) < 4.78 is 0. The fourth-order valence-electron chi connectivity index (χ4n) is 1.86. The molecule has 0 aliphatic rings. The van der Waals surface area contributed by atoms with Gasteiger partial charge in [-0.15, -0.1) is 6.58 Å². The third-order valence-corrected chi connectivity index (χ3v) is 2.74. The second kappa shape index (κ2) is 7.09. The van der Waals surface area contributed by atoms with Gasteiger partial charge in [0, 0.05) is 24.3 Å². The van der Waals surface area contributed by atoms with Gasteiger partial charge in [0.1, 0.15) is 0 Å². The molecule has 0 spiro atoms. The minimum absolute atomic E-state index is 0.0877. The van der Waals surface area contributed by atoms with Crippen LogP contribution >= 0.6 is 0 Å². The zero-order valence-electron chi connectivity index (χ0n) is 10.3. The SMILES string of the molecule is C=CCN(CCO)c1ccccc1C(O)CC. The van der Waals surface area contributed by atoms with E-state index in [4.69, 9.17) is 5.11 Å². The summed E-state index contributed by atoms with van der Waals surface area (Å²) in [6, 6.07) is 7.75. The quantitative estimate of drug-likeness (QED) is 0.711. The maximum atomic E-state index is 9.98. The highest BCUT2D eigenvalue weighted by Crippen LogP contribution is 2.27. The van der Waals surface area contributed by atoms with E-state index in [-0.39, 0.29) is 6.61 Å². The largest absolute Gasteiger partial charge is 0.395 e. The standard InChI is InChI=1S/C14H21NO2/c1-3-9-15(10-11-16)13-8-6-5-7-12(13)14(17)4-2/h3,5-8,14,16-17H,1,4,9-11H2,2H3. The van der Waals surface area contributed by atoms with Crippen molar-refractivity contribution < 1.29 is 10.2 Å². The van der Waals surface area contributed by atoms with E-state index in [2.05, 4.69) is 6.58 Å². The van der Waals surface area contributed by atoms with Crippen LogP contribution in [-0.2, 0) is 0 Å². The van der Waals surface area contributed by atoms with E-state index in [1.807, 2.05) is 36.1 Å². The summed E-state index contributed by atoms with van der Waals surface area (Å²) in [5.41, 5.74) is 1.88. The van der Waals surface area contributed by atoms with E-state index in [1.54, 1.807) is 6.08 Å². The van der Waals surface area contributed by atoms with Crippen LogP contribution in [0, 0.1) is 0 Å². The Hall–Kier alpha value is -1.32. The summed E-state index contributed by atoms with van der Waals surface area (Å²) in [7, 11) is 0. The molecule has 0 aliphatic heterocycles. The van der Waals surface area contributed by atoms with Crippen molar-refractivity contribution in [1.29, 1.82) is 0 Å². The fraction of sp³-hybridized carbons (Fsp3) is 0.429. The van der Waals surface area contributed by atoms with Gasteiger partial charge in [0.2, 0.25) is 0 Å². The van der Waals surface area contributed by atoms with Gasteiger partial charge in [-0.3, -0.25) is 0 Å². The molecule has 1 aromatic carbocycles. The van der Waals surface area contributed by atoms with Gasteiger partial charge in [-0.25, -0.2) is 0 Å². The van der Waals surface area contributed by atoms with E-state index in [9.17, 15) is 5.11 Å². The lowest BCUT2D eigenvalue weighted by atomic mass is 10.0. The first-order valence-corrected chi connectivity index (χ1v) is 5.98. The van der Waals surface area contributed by atoms with Gasteiger partial charge in [0.15, 0.2) is 0 Å². The number of benzene rings is 1. The Labute approximate surface area is 103 Å². The summed E-state index contributed by atoms with van der Waals surface area (Å²) in [6.45, 7) is 6.96. The molecule has 2 N–H and O–H groups in total. The second-order valence-corrected chi connectivity index (χ2v) is 3.94. The van der Waals surface area contributed by atoms with Gasteiger partial charge in [-0.2, -0.15) is 0 Å². The molecule has 94 valence electrons. The summed E-state index contributed by atoms with van der Waals surface area (Å²) in [5, 5.41) is 19.1. The number of hydrogen-bond donors (Lipinski definition) is 2. The number of aliphatic hydroxyl groups excluding tert-OH is 2. The molecule has 0 radical (unpaired) electrons. The highest BCUT2D eigenvalue weighted by atomic mass is 16.3. The van der Waals surface area contributed by atoms with Crippen LogP contribution in [0.2, 0.25) is 0 Å². The minimum Gasteiger partial charge on any atom is -0.395 e. The van der Waals surface area contributed by atoms with E-state index < -0.39 is 6.10 Å². The first-order chi connectivity index (χ1) is 8.24. The van der Waals surface area contributed by atoms with Crippen LogP contribution in [0.15, 0.2) is 36.9 Å². The fourth-order valence-corrected chi connectivity index (χ4v) is 1.86. The number of anilines is 1. The van der Waals surface area contributed by atoms with Crippen LogP contribution < -0.4 is 4.90 Å². The predicted octanol–water partition coefficient (Wildman–Crippen LogP) is 2.11.